The van der Waals surface area contributed by atoms with Gasteiger partial charge in [-0.15, -0.1) is 0 Å². The third-order valence-electron chi connectivity index (χ3n) is 3.12. The molecule has 0 atom stereocenters. The molecular formula is C19H16ClF3N2O. The molecule has 0 bridgehead atoms. The fourth-order valence-electron chi connectivity index (χ4n) is 1.88. The van der Waals surface area contributed by atoms with Crippen LogP contribution in [0.5, 0.6) is 0 Å². The number of carbonyl (C=O) groups is 1. The van der Waals surface area contributed by atoms with Gasteiger partial charge in [0.1, 0.15) is 5.69 Å². The number of aromatic nitrogens is 1. The van der Waals surface area contributed by atoms with E-state index in [1.165, 1.54) is 18.3 Å². The molecule has 7 heteroatoms. The lowest BCUT2D eigenvalue weighted by Gasteiger charge is -2.11. The second-order valence-corrected chi connectivity index (χ2v) is 6.99. The van der Waals surface area contributed by atoms with Crippen molar-refractivity contribution >= 4 is 23.2 Å². The number of hydrogen-bond donors (Lipinski definition) is 1. The first-order chi connectivity index (χ1) is 12.0. The van der Waals surface area contributed by atoms with E-state index in [2.05, 4.69) is 22.1 Å². The van der Waals surface area contributed by atoms with Gasteiger partial charge in [0.05, 0.1) is 16.1 Å². The van der Waals surface area contributed by atoms with Gasteiger partial charge in [0.25, 0.3) is 5.91 Å². The van der Waals surface area contributed by atoms with Crippen molar-refractivity contribution < 1.29 is 18.0 Å². The van der Waals surface area contributed by atoms with Crippen LogP contribution in [0.1, 0.15) is 42.4 Å². The van der Waals surface area contributed by atoms with Crippen LogP contribution in [0, 0.1) is 17.3 Å². The molecular weight excluding hydrogens is 365 g/mol. The Morgan fingerprint density at radius 2 is 1.85 bits per heavy atom. The van der Waals surface area contributed by atoms with Crippen LogP contribution in [-0.4, -0.2) is 10.9 Å². The van der Waals surface area contributed by atoms with Crippen LogP contribution in [0.3, 0.4) is 0 Å². The van der Waals surface area contributed by atoms with E-state index in [1.807, 2.05) is 20.8 Å². The smallest absolute Gasteiger partial charge is 0.322 e. The van der Waals surface area contributed by atoms with E-state index < -0.39 is 22.7 Å². The van der Waals surface area contributed by atoms with Gasteiger partial charge in [-0.2, -0.15) is 13.2 Å². The molecule has 0 radical (unpaired) electrons. The number of nitrogens with one attached hydrogen (secondary N) is 1. The monoisotopic (exact) mass is 380 g/mol. The quantitative estimate of drug-likeness (QED) is 0.708. The number of alkyl halides is 3. The number of anilines is 1. The molecule has 0 unspecified atom stereocenters. The van der Waals surface area contributed by atoms with Crippen molar-refractivity contribution in [2.75, 3.05) is 5.32 Å². The largest absolute Gasteiger partial charge is 0.417 e. The maximum absolute atomic E-state index is 12.9. The van der Waals surface area contributed by atoms with Crippen molar-refractivity contribution in [3.8, 4) is 11.8 Å². The van der Waals surface area contributed by atoms with E-state index in [0.29, 0.717) is 5.69 Å². The third kappa shape index (κ3) is 5.50. The number of benzene rings is 1. The van der Waals surface area contributed by atoms with Crippen LogP contribution >= 0.6 is 11.6 Å². The Labute approximate surface area is 154 Å². The zero-order chi connectivity index (χ0) is 19.5. The standard InChI is InChI=1S/C19H16ClF3N2O/c1-18(2,3)9-8-13-5-4-12(11-24-13)17(26)25-14-6-7-16(20)15(10-14)19(21,22)23/h4-7,10-11H,1-3H3,(H,25,26). The normalized spacial score (nSPS) is 11.5. The van der Waals surface area contributed by atoms with Gasteiger partial charge in [0.2, 0.25) is 0 Å². The first-order valence-corrected chi connectivity index (χ1v) is 8.01. The van der Waals surface area contributed by atoms with Gasteiger partial charge in [-0.3, -0.25) is 4.79 Å². The Kier molecular flexibility index (Phi) is 5.62. The molecule has 2 aromatic rings. The molecule has 2 rings (SSSR count). The minimum atomic E-state index is -4.60. The molecule has 0 fully saturated rings. The number of rotatable bonds is 2. The molecule has 0 aliphatic heterocycles. The molecule has 1 N–H and O–H groups in total. The highest BCUT2D eigenvalue weighted by Gasteiger charge is 2.33. The second-order valence-electron chi connectivity index (χ2n) is 6.58. The van der Waals surface area contributed by atoms with E-state index in [9.17, 15) is 18.0 Å². The third-order valence-corrected chi connectivity index (χ3v) is 3.45. The van der Waals surface area contributed by atoms with Gasteiger partial charge in [-0.1, -0.05) is 17.5 Å². The highest BCUT2D eigenvalue weighted by atomic mass is 35.5. The molecule has 0 aliphatic carbocycles. The van der Waals surface area contributed by atoms with Crippen molar-refractivity contribution in [1.82, 2.24) is 4.98 Å². The topological polar surface area (TPSA) is 42.0 Å². The van der Waals surface area contributed by atoms with E-state index in [-0.39, 0.29) is 16.7 Å². The molecule has 26 heavy (non-hydrogen) atoms. The van der Waals surface area contributed by atoms with E-state index in [0.717, 1.165) is 12.1 Å². The van der Waals surface area contributed by atoms with Gasteiger partial charge in [0.15, 0.2) is 0 Å². The fourth-order valence-corrected chi connectivity index (χ4v) is 2.10. The lowest BCUT2D eigenvalue weighted by molar-refractivity contribution is -0.137. The van der Waals surface area contributed by atoms with Crippen molar-refractivity contribution in [2.45, 2.75) is 26.9 Å². The number of amides is 1. The molecule has 1 aromatic carbocycles. The molecule has 0 saturated heterocycles. The molecule has 0 aliphatic rings. The summed E-state index contributed by atoms with van der Waals surface area (Å²) in [4.78, 5) is 16.3. The molecule has 1 amide bonds. The Hall–Kier alpha value is -2.52. The first kappa shape index (κ1) is 19.8. The Morgan fingerprint density at radius 1 is 1.15 bits per heavy atom. The average Bonchev–Trinajstić information content (AvgIpc) is 2.53. The first-order valence-electron chi connectivity index (χ1n) is 7.63. The highest BCUT2D eigenvalue weighted by molar-refractivity contribution is 6.31. The van der Waals surface area contributed by atoms with E-state index >= 15 is 0 Å². The van der Waals surface area contributed by atoms with Crippen molar-refractivity contribution in [3.63, 3.8) is 0 Å². The molecule has 136 valence electrons. The second kappa shape index (κ2) is 7.38. The van der Waals surface area contributed by atoms with Crippen LogP contribution in [0.2, 0.25) is 5.02 Å². The molecule has 0 saturated carbocycles. The van der Waals surface area contributed by atoms with Crippen LogP contribution < -0.4 is 5.32 Å². The minimum Gasteiger partial charge on any atom is -0.322 e. The van der Waals surface area contributed by atoms with E-state index in [4.69, 9.17) is 11.6 Å². The minimum absolute atomic E-state index is 0.0108. The van der Waals surface area contributed by atoms with Gasteiger partial charge in [-0.05, 0) is 57.0 Å². The average molecular weight is 381 g/mol. The van der Waals surface area contributed by atoms with Crippen LogP contribution in [0.4, 0.5) is 18.9 Å². The molecule has 1 heterocycles. The number of hydrogen-bond acceptors (Lipinski definition) is 2. The van der Waals surface area contributed by atoms with Crippen LogP contribution in [0.25, 0.3) is 0 Å². The Morgan fingerprint density at radius 3 is 2.38 bits per heavy atom. The summed E-state index contributed by atoms with van der Waals surface area (Å²) in [6.45, 7) is 5.88. The summed E-state index contributed by atoms with van der Waals surface area (Å²) < 4.78 is 38.6. The number of pyridine rings is 1. The zero-order valence-electron chi connectivity index (χ0n) is 14.3. The Balaban J connectivity index is 2.17. The van der Waals surface area contributed by atoms with Gasteiger partial charge in [-0.25, -0.2) is 4.98 Å². The lowest BCUT2D eigenvalue weighted by atomic mass is 9.98. The summed E-state index contributed by atoms with van der Waals surface area (Å²) in [5, 5.41) is 1.97. The van der Waals surface area contributed by atoms with Gasteiger partial charge >= 0.3 is 6.18 Å². The summed E-state index contributed by atoms with van der Waals surface area (Å²) in [7, 11) is 0. The predicted molar refractivity (Wildman–Crippen MR) is 95.0 cm³/mol. The lowest BCUT2D eigenvalue weighted by Crippen LogP contribution is -2.14. The number of nitrogens with zero attached hydrogens (tertiary/aromatic N) is 1. The Bertz CT molecular complexity index is 873. The SMILES string of the molecule is CC(C)(C)C#Cc1ccc(C(=O)Nc2ccc(Cl)c(C(F)(F)F)c2)cn1. The van der Waals surface area contributed by atoms with Crippen molar-refractivity contribution in [1.29, 1.82) is 0 Å². The molecule has 3 nitrogen and oxygen atoms in total. The maximum atomic E-state index is 12.9. The summed E-state index contributed by atoms with van der Waals surface area (Å²) in [6, 6.07) is 6.26. The molecule has 1 aromatic heterocycles. The van der Waals surface area contributed by atoms with Crippen molar-refractivity contribution in [2.24, 2.45) is 5.41 Å². The van der Waals surface area contributed by atoms with E-state index in [1.54, 1.807) is 6.07 Å². The highest BCUT2D eigenvalue weighted by Crippen LogP contribution is 2.36. The van der Waals surface area contributed by atoms with Gasteiger partial charge in [0, 0.05) is 17.3 Å². The van der Waals surface area contributed by atoms with Gasteiger partial charge < -0.3 is 5.32 Å². The predicted octanol–water partition coefficient (Wildman–Crippen LogP) is 5.40. The number of carbonyl (C=O) groups excluding carboxylic acids is 1. The van der Waals surface area contributed by atoms with Crippen molar-refractivity contribution in [3.05, 3.63) is 58.4 Å². The summed E-state index contributed by atoms with van der Waals surface area (Å²) in [6.07, 6.45) is -3.28. The summed E-state index contributed by atoms with van der Waals surface area (Å²) in [5.41, 5.74) is -0.494. The number of halogens is 4. The summed E-state index contributed by atoms with van der Waals surface area (Å²) in [5.74, 6) is 5.34. The van der Waals surface area contributed by atoms with Crippen LogP contribution in [0.15, 0.2) is 36.5 Å². The zero-order valence-corrected chi connectivity index (χ0v) is 15.1. The molecule has 0 spiro atoms. The fraction of sp³-hybridized carbons (Fsp3) is 0.263. The maximum Gasteiger partial charge on any atom is 0.417 e. The summed E-state index contributed by atoms with van der Waals surface area (Å²) >= 11 is 5.56. The van der Waals surface area contributed by atoms with Crippen LogP contribution in [-0.2, 0) is 6.18 Å².